The van der Waals surface area contributed by atoms with Gasteiger partial charge in [-0.2, -0.15) is 0 Å². The van der Waals surface area contributed by atoms with E-state index in [4.69, 9.17) is 32.7 Å². The van der Waals surface area contributed by atoms with Crippen LogP contribution in [0.4, 0.5) is 0 Å². The Balaban J connectivity index is 2.12. The zero-order chi connectivity index (χ0) is 14.1. The molecule has 0 aliphatic carbocycles. The highest BCUT2D eigenvalue weighted by atomic mass is 35.5. The Morgan fingerprint density at radius 1 is 1.21 bits per heavy atom. The number of ether oxygens (including phenoxy) is 2. The predicted octanol–water partition coefficient (Wildman–Crippen LogP) is 4.75. The predicted molar refractivity (Wildman–Crippen MR) is 78.3 cm³/mol. The van der Waals surface area contributed by atoms with E-state index in [1.54, 1.807) is 6.26 Å². The van der Waals surface area contributed by atoms with Crippen molar-refractivity contribution in [1.82, 2.24) is 0 Å². The molecule has 0 bridgehead atoms. The van der Waals surface area contributed by atoms with Crippen LogP contribution >= 0.6 is 23.2 Å². The van der Waals surface area contributed by atoms with Gasteiger partial charge in [-0.3, -0.25) is 0 Å². The molecule has 1 unspecified atom stereocenters. The Bertz CT molecular complexity index is 479. The van der Waals surface area contributed by atoms with E-state index in [1.807, 2.05) is 31.2 Å². The molecule has 1 aromatic rings. The van der Waals surface area contributed by atoms with Crippen molar-refractivity contribution in [2.45, 2.75) is 33.0 Å². The molecule has 1 aromatic carbocycles. The van der Waals surface area contributed by atoms with Crippen molar-refractivity contribution in [3.05, 3.63) is 46.9 Å². The highest BCUT2D eigenvalue weighted by molar-refractivity contribution is 6.30. The van der Waals surface area contributed by atoms with E-state index >= 15 is 0 Å². The van der Waals surface area contributed by atoms with Gasteiger partial charge in [0.05, 0.1) is 5.88 Å². The maximum absolute atomic E-state index is 5.90. The van der Waals surface area contributed by atoms with E-state index in [9.17, 15) is 0 Å². The Hall–Kier alpha value is -0.860. The van der Waals surface area contributed by atoms with Crippen LogP contribution in [0.1, 0.15) is 26.3 Å². The molecule has 104 valence electrons. The molecule has 0 aromatic heterocycles. The van der Waals surface area contributed by atoms with Crippen LogP contribution in [0.3, 0.4) is 0 Å². The molecule has 0 amide bonds. The molecule has 0 fully saturated rings. The first-order valence-corrected chi connectivity index (χ1v) is 7.14. The van der Waals surface area contributed by atoms with Crippen LogP contribution in [-0.4, -0.2) is 11.7 Å². The van der Waals surface area contributed by atoms with Gasteiger partial charge in [0.25, 0.3) is 5.79 Å². The normalized spacial score (nSPS) is 22.7. The molecule has 0 spiro atoms. The third kappa shape index (κ3) is 3.01. The van der Waals surface area contributed by atoms with Gasteiger partial charge in [-0.05, 0) is 24.1 Å². The molecule has 1 aliphatic rings. The molecule has 2 rings (SSSR count). The summed E-state index contributed by atoms with van der Waals surface area (Å²) in [7, 11) is 0. The summed E-state index contributed by atoms with van der Waals surface area (Å²) in [6, 6.07) is 7.85. The van der Waals surface area contributed by atoms with E-state index in [0.29, 0.717) is 11.6 Å². The maximum atomic E-state index is 5.90. The van der Waals surface area contributed by atoms with Gasteiger partial charge in [-0.25, -0.2) is 0 Å². The fourth-order valence-corrected chi connectivity index (χ4v) is 2.35. The third-order valence-electron chi connectivity index (χ3n) is 3.66. The zero-order valence-corrected chi connectivity index (χ0v) is 12.9. The van der Waals surface area contributed by atoms with Crippen LogP contribution in [0, 0.1) is 5.41 Å². The summed E-state index contributed by atoms with van der Waals surface area (Å²) in [5.74, 6) is 0.303. The lowest BCUT2D eigenvalue weighted by molar-refractivity contribution is -0.205. The van der Waals surface area contributed by atoms with E-state index < -0.39 is 5.79 Å². The Morgan fingerprint density at radius 2 is 1.84 bits per heavy atom. The second-order valence-electron chi connectivity index (χ2n) is 5.57. The number of alkyl halides is 1. The molecule has 1 aliphatic heterocycles. The van der Waals surface area contributed by atoms with Crippen molar-refractivity contribution < 1.29 is 9.47 Å². The summed E-state index contributed by atoms with van der Waals surface area (Å²) in [4.78, 5) is 0. The first-order chi connectivity index (χ1) is 8.86. The number of halogens is 2. The molecule has 0 saturated carbocycles. The molecule has 1 atom stereocenters. The lowest BCUT2D eigenvalue weighted by Crippen LogP contribution is -2.44. The number of rotatable bonds is 4. The molecule has 2 nitrogen and oxygen atoms in total. The van der Waals surface area contributed by atoms with Crippen molar-refractivity contribution in [2.24, 2.45) is 5.41 Å². The van der Waals surface area contributed by atoms with Crippen LogP contribution < -0.4 is 0 Å². The monoisotopic (exact) mass is 300 g/mol. The van der Waals surface area contributed by atoms with Crippen molar-refractivity contribution in [3.63, 3.8) is 0 Å². The molecule has 0 radical (unpaired) electrons. The van der Waals surface area contributed by atoms with Gasteiger partial charge >= 0.3 is 0 Å². The van der Waals surface area contributed by atoms with Crippen LogP contribution in [0.15, 0.2) is 36.3 Å². The Morgan fingerprint density at radius 3 is 2.37 bits per heavy atom. The molecular formula is C15H18Cl2O2. The second kappa shape index (κ2) is 5.26. The van der Waals surface area contributed by atoms with E-state index in [0.717, 1.165) is 11.4 Å². The SMILES string of the molecule is CC(C)(Cc1ccc(Cl)cc1)C1(C)OC=C(CCl)O1. The number of allylic oxidation sites excluding steroid dienone is 1. The lowest BCUT2D eigenvalue weighted by atomic mass is 9.78. The standard InChI is InChI=1S/C15H18Cl2O2/c1-14(2,8-11-4-6-12(17)7-5-11)15(3)18-10-13(9-16)19-15/h4-7,10H,8-9H2,1-3H3. The van der Waals surface area contributed by atoms with Gasteiger partial charge in [-0.1, -0.05) is 37.6 Å². The molecule has 0 saturated heterocycles. The number of hydrogen-bond acceptors (Lipinski definition) is 2. The summed E-state index contributed by atoms with van der Waals surface area (Å²) < 4.78 is 11.5. The second-order valence-corrected chi connectivity index (χ2v) is 6.27. The smallest absolute Gasteiger partial charge is 0.252 e. The summed E-state index contributed by atoms with van der Waals surface area (Å²) >= 11 is 11.7. The molecule has 1 heterocycles. The summed E-state index contributed by atoms with van der Waals surface area (Å²) in [6.07, 6.45) is 2.43. The number of hydrogen-bond donors (Lipinski definition) is 0. The van der Waals surface area contributed by atoms with Crippen molar-refractivity contribution >= 4 is 23.2 Å². The highest BCUT2D eigenvalue weighted by Gasteiger charge is 2.48. The van der Waals surface area contributed by atoms with E-state index in [-0.39, 0.29) is 5.41 Å². The van der Waals surface area contributed by atoms with Gasteiger partial charge < -0.3 is 9.47 Å². The van der Waals surface area contributed by atoms with Crippen LogP contribution in [0.2, 0.25) is 5.02 Å². The van der Waals surface area contributed by atoms with Crippen molar-refractivity contribution in [2.75, 3.05) is 5.88 Å². The summed E-state index contributed by atoms with van der Waals surface area (Å²) in [5.41, 5.74) is 0.993. The maximum Gasteiger partial charge on any atom is 0.252 e. The minimum atomic E-state index is -0.698. The molecule has 0 N–H and O–H groups in total. The average molecular weight is 301 g/mol. The minimum Gasteiger partial charge on any atom is -0.456 e. The number of benzene rings is 1. The van der Waals surface area contributed by atoms with E-state index in [1.165, 1.54) is 5.56 Å². The quantitative estimate of drug-likeness (QED) is 0.747. The van der Waals surface area contributed by atoms with E-state index in [2.05, 4.69) is 13.8 Å². The molecular weight excluding hydrogens is 283 g/mol. The van der Waals surface area contributed by atoms with Gasteiger partial charge in [0.2, 0.25) is 0 Å². The summed E-state index contributed by atoms with van der Waals surface area (Å²) in [6.45, 7) is 6.18. The Labute approximate surface area is 124 Å². The Kier molecular flexibility index (Phi) is 4.03. The largest absolute Gasteiger partial charge is 0.456 e. The van der Waals surface area contributed by atoms with Gasteiger partial charge in [0.1, 0.15) is 6.26 Å². The van der Waals surface area contributed by atoms with Gasteiger partial charge in [-0.15, -0.1) is 11.6 Å². The average Bonchev–Trinajstić information content (AvgIpc) is 2.76. The fourth-order valence-electron chi connectivity index (χ4n) is 2.11. The summed E-state index contributed by atoms with van der Waals surface area (Å²) in [5, 5.41) is 0.743. The van der Waals surface area contributed by atoms with Crippen LogP contribution in [0.5, 0.6) is 0 Å². The van der Waals surface area contributed by atoms with Crippen LogP contribution in [-0.2, 0) is 15.9 Å². The zero-order valence-electron chi connectivity index (χ0n) is 11.4. The van der Waals surface area contributed by atoms with Crippen molar-refractivity contribution in [1.29, 1.82) is 0 Å². The fraction of sp³-hybridized carbons (Fsp3) is 0.467. The van der Waals surface area contributed by atoms with Crippen molar-refractivity contribution in [3.8, 4) is 0 Å². The first kappa shape index (κ1) is 14.5. The molecule has 4 heteroatoms. The van der Waals surface area contributed by atoms with Crippen LogP contribution in [0.25, 0.3) is 0 Å². The first-order valence-electron chi connectivity index (χ1n) is 6.23. The molecule has 19 heavy (non-hydrogen) atoms. The third-order valence-corrected chi connectivity index (χ3v) is 4.18. The highest BCUT2D eigenvalue weighted by Crippen LogP contribution is 2.43. The minimum absolute atomic E-state index is 0.203. The topological polar surface area (TPSA) is 18.5 Å². The van der Waals surface area contributed by atoms with Gasteiger partial charge in [0.15, 0.2) is 5.76 Å². The van der Waals surface area contributed by atoms with Gasteiger partial charge in [0, 0.05) is 17.4 Å². The lowest BCUT2D eigenvalue weighted by Gasteiger charge is -2.39.